The number of hydrogen-bond acceptors (Lipinski definition) is 6. The number of nitrogens with zero attached hydrogens (tertiary/aromatic N) is 3. The summed E-state index contributed by atoms with van der Waals surface area (Å²) < 4.78 is 28.1. The standard InChI is InChI=1S/C22H24ClN5O2S/c1-15-14-21(28-12-3-4-13-28)26-22(24-15)25-17-8-10-18(11-9-17)27-31(29,30)20-7-5-6-19(23)16(20)2/h5-11,14,27H,3-4,12-13H2,1-2H3,(H,24,25,26). The van der Waals surface area contributed by atoms with E-state index < -0.39 is 10.0 Å². The van der Waals surface area contributed by atoms with Crippen LogP contribution in [0.3, 0.4) is 0 Å². The van der Waals surface area contributed by atoms with Crippen LogP contribution in [0.15, 0.2) is 53.4 Å². The Labute approximate surface area is 187 Å². The first-order valence-electron chi connectivity index (χ1n) is 10.1. The van der Waals surface area contributed by atoms with Crippen molar-refractivity contribution in [3.05, 3.63) is 64.8 Å². The van der Waals surface area contributed by atoms with Crippen LogP contribution in [0.25, 0.3) is 0 Å². The Kier molecular flexibility index (Phi) is 6.02. The molecule has 31 heavy (non-hydrogen) atoms. The fourth-order valence-corrected chi connectivity index (χ4v) is 5.11. The molecule has 4 rings (SSSR count). The summed E-state index contributed by atoms with van der Waals surface area (Å²) in [7, 11) is -3.74. The Hall–Kier alpha value is -2.84. The fraction of sp³-hybridized carbons (Fsp3) is 0.273. The third kappa shape index (κ3) is 4.91. The van der Waals surface area contributed by atoms with Gasteiger partial charge < -0.3 is 10.2 Å². The summed E-state index contributed by atoms with van der Waals surface area (Å²) in [5, 5.41) is 3.61. The van der Waals surface area contributed by atoms with Crippen molar-refractivity contribution in [3.8, 4) is 0 Å². The Balaban J connectivity index is 1.49. The molecule has 0 unspecified atom stereocenters. The Bertz CT molecular complexity index is 1190. The van der Waals surface area contributed by atoms with Gasteiger partial charge in [-0.25, -0.2) is 13.4 Å². The van der Waals surface area contributed by atoms with Gasteiger partial charge in [-0.1, -0.05) is 17.7 Å². The molecule has 1 aliphatic rings. The van der Waals surface area contributed by atoms with E-state index >= 15 is 0 Å². The van der Waals surface area contributed by atoms with E-state index in [2.05, 4.69) is 24.9 Å². The summed E-state index contributed by atoms with van der Waals surface area (Å²) in [6, 6.07) is 13.8. The van der Waals surface area contributed by atoms with Crippen LogP contribution in [-0.4, -0.2) is 31.5 Å². The first kappa shape index (κ1) is 21.4. The summed E-state index contributed by atoms with van der Waals surface area (Å²) in [6.07, 6.45) is 2.36. The van der Waals surface area contributed by atoms with Crippen LogP contribution in [0.2, 0.25) is 5.02 Å². The molecule has 1 fully saturated rings. The first-order chi connectivity index (χ1) is 14.8. The smallest absolute Gasteiger partial charge is 0.262 e. The Morgan fingerprint density at radius 1 is 0.968 bits per heavy atom. The predicted octanol–water partition coefficient (Wildman–Crippen LogP) is 4.89. The molecule has 0 aliphatic carbocycles. The van der Waals surface area contributed by atoms with Crippen molar-refractivity contribution in [2.75, 3.05) is 28.0 Å². The zero-order chi connectivity index (χ0) is 22.0. The van der Waals surface area contributed by atoms with Crippen LogP contribution in [-0.2, 0) is 10.0 Å². The summed E-state index contributed by atoms with van der Waals surface area (Å²) in [5.74, 6) is 1.44. The second kappa shape index (κ2) is 8.72. The highest BCUT2D eigenvalue weighted by Crippen LogP contribution is 2.26. The minimum atomic E-state index is -3.74. The summed E-state index contributed by atoms with van der Waals surface area (Å²) in [5.41, 5.74) is 2.62. The number of benzene rings is 2. The molecule has 2 heterocycles. The average molecular weight is 458 g/mol. The van der Waals surface area contributed by atoms with Gasteiger partial charge >= 0.3 is 0 Å². The molecule has 1 saturated heterocycles. The number of nitrogens with one attached hydrogen (secondary N) is 2. The molecule has 9 heteroatoms. The zero-order valence-corrected chi connectivity index (χ0v) is 19.0. The molecule has 2 N–H and O–H groups in total. The van der Waals surface area contributed by atoms with Gasteiger partial charge in [0.1, 0.15) is 5.82 Å². The molecule has 3 aromatic rings. The Morgan fingerprint density at radius 3 is 2.35 bits per heavy atom. The number of aryl methyl sites for hydroxylation is 1. The van der Waals surface area contributed by atoms with Gasteiger partial charge in [0, 0.05) is 41.2 Å². The zero-order valence-electron chi connectivity index (χ0n) is 17.4. The lowest BCUT2D eigenvalue weighted by Gasteiger charge is -2.17. The highest BCUT2D eigenvalue weighted by atomic mass is 35.5. The molecule has 162 valence electrons. The topological polar surface area (TPSA) is 87.2 Å². The van der Waals surface area contributed by atoms with Crippen LogP contribution < -0.4 is 14.9 Å². The van der Waals surface area contributed by atoms with Crippen LogP contribution in [0.4, 0.5) is 23.1 Å². The van der Waals surface area contributed by atoms with Crippen LogP contribution in [0.1, 0.15) is 24.1 Å². The number of anilines is 4. The van der Waals surface area contributed by atoms with Crippen molar-refractivity contribution in [3.63, 3.8) is 0 Å². The molecule has 0 spiro atoms. The molecule has 0 atom stereocenters. The monoisotopic (exact) mass is 457 g/mol. The lowest BCUT2D eigenvalue weighted by Crippen LogP contribution is -2.19. The van der Waals surface area contributed by atoms with E-state index in [4.69, 9.17) is 11.6 Å². The molecular formula is C22H24ClN5O2S. The van der Waals surface area contributed by atoms with Crippen molar-refractivity contribution < 1.29 is 8.42 Å². The van der Waals surface area contributed by atoms with Gasteiger partial charge in [0.25, 0.3) is 10.0 Å². The molecule has 7 nitrogen and oxygen atoms in total. The van der Waals surface area contributed by atoms with Gasteiger partial charge in [0.05, 0.1) is 4.90 Å². The van der Waals surface area contributed by atoms with E-state index in [0.717, 1.165) is 30.3 Å². The van der Waals surface area contributed by atoms with E-state index in [0.29, 0.717) is 22.2 Å². The number of halogens is 1. The van der Waals surface area contributed by atoms with Gasteiger partial charge in [0.2, 0.25) is 5.95 Å². The van der Waals surface area contributed by atoms with Crippen molar-refractivity contribution in [2.45, 2.75) is 31.6 Å². The van der Waals surface area contributed by atoms with Crippen molar-refractivity contribution in [1.82, 2.24) is 9.97 Å². The number of rotatable bonds is 6. The maximum atomic E-state index is 12.7. The van der Waals surface area contributed by atoms with E-state index in [1.54, 1.807) is 43.3 Å². The average Bonchev–Trinajstić information content (AvgIpc) is 3.26. The highest BCUT2D eigenvalue weighted by molar-refractivity contribution is 7.92. The minimum Gasteiger partial charge on any atom is -0.356 e. The first-order valence-corrected chi connectivity index (χ1v) is 11.9. The van der Waals surface area contributed by atoms with E-state index in [9.17, 15) is 8.42 Å². The molecule has 1 aliphatic heterocycles. The van der Waals surface area contributed by atoms with E-state index in [-0.39, 0.29) is 4.90 Å². The summed E-state index contributed by atoms with van der Waals surface area (Å²) in [6.45, 7) is 5.65. The third-order valence-electron chi connectivity index (χ3n) is 5.17. The maximum Gasteiger partial charge on any atom is 0.262 e. The van der Waals surface area contributed by atoms with Gasteiger partial charge in [-0.3, -0.25) is 4.72 Å². The summed E-state index contributed by atoms with van der Waals surface area (Å²) in [4.78, 5) is 11.5. The molecule has 0 amide bonds. The van der Waals surface area contributed by atoms with Gasteiger partial charge in [-0.15, -0.1) is 0 Å². The summed E-state index contributed by atoms with van der Waals surface area (Å²) >= 11 is 6.07. The molecule has 0 bridgehead atoms. The molecule has 2 aromatic carbocycles. The molecule has 0 radical (unpaired) electrons. The lowest BCUT2D eigenvalue weighted by atomic mass is 10.2. The van der Waals surface area contributed by atoms with Gasteiger partial charge in [-0.2, -0.15) is 4.98 Å². The number of aromatic nitrogens is 2. The molecule has 0 saturated carbocycles. The highest BCUT2D eigenvalue weighted by Gasteiger charge is 2.18. The lowest BCUT2D eigenvalue weighted by molar-refractivity contribution is 0.600. The van der Waals surface area contributed by atoms with E-state index in [1.807, 2.05) is 13.0 Å². The maximum absolute atomic E-state index is 12.7. The fourth-order valence-electron chi connectivity index (χ4n) is 3.56. The van der Waals surface area contributed by atoms with Gasteiger partial charge in [-0.05, 0) is 68.7 Å². The van der Waals surface area contributed by atoms with Crippen molar-refractivity contribution >= 4 is 44.8 Å². The van der Waals surface area contributed by atoms with Crippen molar-refractivity contribution in [2.24, 2.45) is 0 Å². The quantitative estimate of drug-likeness (QED) is 0.547. The number of sulfonamides is 1. The molecular weight excluding hydrogens is 434 g/mol. The minimum absolute atomic E-state index is 0.157. The van der Waals surface area contributed by atoms with E-state index in [1.165, 1.54) is 18.9 Å². The predicted molar refractivity (Wildman–Crippen MR) is 125 cm³/mol. The van der Waals surface area contributed by atoms with Crippen LogP contribution >= 0.6 is 11.6 Å². The van der Waals surface area contributed by atoms with Crippen LogP contribution in [0.5, 0.6) is 0 Å². The second-order valence-corrected chi connectivity index (χ2v) is 9.61. The SMILES string of the molecule is Cc1cc(N2CCCC2)nc(Nc2ccc(NS(=O)(=O)c3cccc(Cl)c3C)cc2)n1. The van der Waals surface area contributed by atoms with Gasteiger partial charge in [0.15, 0.2) is 0 Å². The van der Waals surface area contributed by atoms with Crippen molar-refractivity contribution in [1.29, 1.82) is 0 Å². The largest absolute Gasteiger partial charge is 0.356 e. The molecule has 1 aromatic heterocycles. The normalized spacial score (nSPS) is 14.0. The third-order valence-corrected chi connectivity index (χ3v) is 7.11. The second-order valence-electron chi connectivity index (χ2n) is 7.56. The van der Waals surface area contributed by atoms with Crippen LogP contribution in [0, 0.1) is 13.8 Å². The number of hydrogen-bond donors (Lipinski definition) is 2. The Morgan fingerprint density at radius 2 is 1.65 bits per heavy atom.